The first-order chi connectivity index (χ1) is 11.7. The largest absolute Gasteiger partial charge is 0.515 e. The topological polar surface area (TPSA) is 66.2 Å². The van der Waals surface area contributed by atoms with Gasteiger partial charge in [-0.3, -0.25) is 0 Å². The van der Waals surface area contributed by atoms with Crippen LogP contribution in [0.25, 0.3) is 22.2 Å². The predicted octanol–water partition coefficient (Wildman–Crippen LogP) is 4.26. The lowest BCUT2D eigenvalue weighted by Crippen LogP contribution is -2.26. The molecular formula is C19H21N3O3. The van der Waals surface area contributed by atoms with Gasteiger partial charge in [-0.2, -0.15) is 5.10 Å². The number of fused-ring (bicyclic) bond motifs is 1. The number of ether oxygens (including phenoxy) is 2. The van der Waals surface area contributed by atoms with Crippen LogP contribution >= 0.6 is 0 Å². The zero-order chi connectivity index (χ0) is 18.2. The number of benzene rings is 1. The predicted molar refractivity (Wildman–Crippen MR) is 95.5 cm³/mol. The van der Waals surface area contributed by atoms with Crippen LogP contribution in [0.15, 0.2) is 36.4 Å². The maximum absolute atomic E-state index is 12.1. The van der Waals surface area contributed by atoms with Gasteiger partial charge in [0.05, 0.1) is 22.5 Å². The van der Waals surface area contributed by atoms with Gasteiger partial charge in [0.1, 0.15) is 5.60 Å². The third-order valence-electron chi connectivity index (χ3n) is 3.59. The number of carbonyl (C=O) groups is 1. The highest BCUT2D eigenvalue weighted by Gasteiger charge is 2.24. The normalized spacial score (nSPS) is 11.6. The number of pyridine rings is 1. The first-order valence-corrected chi connectivity index (χ1v) is 8.05. The third-order valence-corrected chi connectivity index (χ3v) is 3.59. The summed E-state index contributed by atoms with van der Waals surface area (Å²) in [5.74, 6) is 0.314. The second-order valence-electron chi connectivity index (χ2n) is 6.84. The van der Waals surface area contributed by atoms with Crippen molar-refractivity contribution in [2.45, 2.75) is 33.3 Å². The van der Waals surface area contributed by atoms with Crippen molar-refractivity contribution in [3.05, 3.63) is 42.1 Å². The lowest BCUT2D eigenvalue weighted by Gasteiger charge is -2.18. The fourth-order valence-electron chi connectivity index (χ4n) is 2.60. The molecule has 0 saturated heterocycles. The van der Waals surface area contributed by atoms with Crippen LogP contribution in [0.3, 0.4) is 0 Å². The minimum atomic E-state index is -0.766. The Morgan fingerprint density at radius 3 is 2.56 bits per heavy atom. The van der Waals surface area contributed by atoms with E-state index >= 15 is 0 Å². The lowest BCUT2D eigenvalue weighted by atomic mass is 10.1. The Kier molecular flexibility index (Phi) is 4.20. The van der Waals surface area contributed by atoms with Crippen LogP contribution < -0.4 is 4.74 Å². The van der Waals surface area contributed by atoms with Gasteiger partial charge < -0.3 is 9.47 Å². The minimum Gasteiger partial charge on any atom is -0.428 e. The molecule has 0 fully saturated rings. The zero-order valence-electron chi connectivity index (χ0n) is 15.0. The Hall–Kier alpha value is -2.89. The van der Waals surface area contributed by atoms with Gasteiger partial charge in [0.25, 0.3) is 0 Å². The second kappa shape index (κ2) is 6.20. The van der Waals surface area contributed by atoms with E-state index in [0.717, 1.165) is 16.6 Å². The van der Waals surface area contributed by atoms with Crippen LogP contribution in [0.4, 0.5) is 4.79 Å². The van der Waals surface area contributed by atoms with Crippen LogP contribution in [0, 0.1) is 6.92 Å². The molecular weight excluding hydrogens is 318 g/mol. The molecule has 130 valence electrons. The van der Waals surface area contributed by atoms with Gasteiger partial charge in [-0.25, -0.2) is 14.5 Å². The third kappa shape index (κ3) is 3.63. The van der Waals surface area contributed by atoms with Gasteiger partial charge in [0.2, 0.25) is 5.88 Å². The number of carbonyl (C=O) groups excluding carboxylic acids is 1. The summed E-state index contributed by atoms with van der Waals surface area (Å²) >= 11 is 0. The first-order valence-electron chi connectivity index (χ1n) is 8.05. The smallest absolute Gasteiger partial charge is 0.428 e. The van der Waals surface area contributed by atoms with Gasteiger partial charge in [-0.1, -0.05) is 24.3 Å². The van der Waals surface area contributed by atoms with Crippen LogP contribution in [0.2, 0.25) is 0 Å². The van der Waals surface area contributed by atoms with Crippen molar-refractivity contribution in [1.82, 2.24) is 14.8 Å². The number of rotatable bonds is 2. The quantitative estimate of drug-likeness (QED) is 0.653. The van der Waals surface area contributed by atoms with E-state index in [1.165, 1.54) is 4.68 Å². The summed E-state index contributed by atoms with van der Waals surface area (Å²) in [6.45, 7) is 7.21. The van der Waals surface area contributed by atoms with E-state index in [2.05, 4.69) is 10.1 Å². The molecule has 0 N–H and O–H groups in total. The molecule has 1 aromatic carbocycles. The molecule has 0 atom stereocenters. The van der Waals surface area contributed by atoms with Crippen molar-refractivity contribution < 1.29 is 14.3 Å². The summed E-state index contributed by atoms with van der Waals surface area (Å²) in [7, 11) is 1.72. The molecule has 6 nitrogen and oxygen atoms in total. The van der Waals surface area contributed by atoms with Crippen LogP contribution in [0.1, 0.15) is 26.5 Å². The van der Waals surface area contributed by atoms with E-state index in [4.69, 9.17) is 9.47 Å². The summed E-state index contributed by atoms with van der Waals surface area (Å²) in [5.41, 5.74) is 2.34. The van der Waals surface area contributed by atoms with Crippen LogP contribution in [0.5, 0.6) is 5.88 Å². The van der Waals surface area contributed by atoms with E-state index in [-0.39, 0.29) is 0 Å². The molecule has 0 aliphatic rings. The van der Waals surface area contributed by atoms with Gasteiger partial charge in [-0.15, -0.1) is 0 Å². The van der Waals surface area contributed by atoms with Crippen LogP contribution in [-0.4, -0.2) is 26.5 Å². The van der Waals surface area contributed by atoms with E-state index < -0.39 is 11.8 Å². The van der Waals surface area contributed by atoms with Crippen molar-refractivity contribution >= 4 is 17.1 Å². The Bertz CT molecular complexity index is 939. The summed E-state index contributed by atoms with van der Waals surface area (Å²) in [5, 5.41) is 5.40. The van der Waals surface area contributed by atoms with Crippen molar-refractivity contribution in [1.29, 1.82) is 0 Å². The summed E-state index contributed by atoms with van der Waals surface area (Å²) in [6.07, 6.45) is -0.766. The number of hydrogen-bond donors (Lipinski definition) is 0. The Morgan fingerprint density at radius 1 is 1.12 bits per heavy atom. The van der Waals surface area contributed by atoms with E-state index in [0.29, 0.717) is 17.1 Å². The average molecular weight is 339 g/mol. The Labute approximate surface area is 146 Å². The molecule has 0 aliphatic carbocycles. The number of nitrogens with zero attached hydrogens (tertiary/aromatic N) is 3. The molecule has 0 unspecified atom stereocenters. The lowest BCUT2D eigenvalue weighted by molar-refractivity contribution is 0.0190. The summed E-state index contributed by atoms with van der Waals surface area (Å²) in [6, 6.07) is 11.7. The molecule has 0 saturated carbocycles. The van der Waals surface area contributed by atoms with Crippen molar-refractivity contribution in [2.24, 2.45) is 7.05 Å². The fraction of sp³-hybridized carbons (Fsp3) is 0.316. The molecule has 0 radical (unpaired) electrons. The van der Waals surface area contributed by atoms with Crippen LogP contribution in [-0.2, 0) is 11.8 Å². The average Bonchev–Trinajstić information content (AvgIpc) is 2.79. The molecule has 0 spiro atoms. The minimum absolute atomic E-state index is 0.314. The number of aryl methyl sites for hydroxylation is 2. The summed E-state index contributed by atoms with van der Waals surface area (Å²) < 4.78 is 12.2. The molecule has 3 rings (SSSR count). The second-order valence-corrected chi connectivity index (χ2v) is 6.84. The van der Waals surface area contributed by atoms with E-state index in [1.807, 2.05) is 43.3 Å². The van der Waals surface area contributed by atoms with Crippen molar-refractivity contribution in [3.8, 4) is 17.1 Å². The summed E-state index contributed by atoms with van der Waals surface area (Å²) in [4.78, 5) is 16.8. The fourth-order valence-corrected chi connectivity index (χ4v) is 2.60. The Morgan fingerprint density at radius 2 is 1.84 bits per heavy atom. The number of aromatic nitrogens is 3. The standard InChI is InChI=1S/C19H21N3O3/c1-12-16(15-11-10-13-8-6-7-9-14(13)20-15)17(22(5)21-12)24-18(23)25-19(2,3)4/h6-11H,1-5H3. The Balaban J connectivity index is 2.02. The van der Waals surface area contributed by atoms with Gasteiger partial charge in [0, 0.05) is 12.4 Å². The highest BCUT2D eigenvalue weighted by molar-refractivity contribution is 5.83. The maximum Gasteiger partial charge on any atom is 0.515 e. The van der Waals surface area contributed by atoms with Crippen molar-refractivity contribution in [3.63, 3.8) is 0 Å². The number of para-hydroxylation sites is 1. The van der Waals surface area contributed by atoms with Crippen molar-refractivity contribution in [2.75, 3.05) is 0 Å². The molecule has 6 heteroatoms. The van der Waals surface area contributed by atoms with Gasteiger partial charge in [0.15, 0.2) is 0 Å². The highest BCUT2D eigenvalue weighted by atomic mass is 16.7. The number of hydrogen-bond acceptors (Lipinski definition) is 5. The SMILES string of the molecule is Cc1nn(C)c(OC(=O)OC(C)(C)C)c1-c1ccc2ccccc2n1. The molecule has 0 aliphatic heterocycles. The molecule has 2 aromatic heterocycles. The molecule has 0 bridgehead atoms. The van der Waals surface area contributed by atoms with Gasteiger partial charge in [-0.05, 0) is 39.8 Å². The van der Waals surface area contributed by atoms with E-state index in [9.17, 15) is 4.79 Å². The molecule has 3 aromatic rings. The van der Waals surface area contributed by atoms with E-state index in [1.54, 1.807) is 27.8 Å². The first kappa shape index (κ1) is 17.0. The molecule has 0 amide bonds. The monoisotopic (exact) mass is 339 g/mol. The molecule has 2 heterocycles. The molecule has 25 heavy (non-hydrogen) atoms. The highest BCUT2D eigenvalue weighted by Crippen LogP contribution is 2.33. The zero-order valence-corrected chi connectivity index (χ0v) is 15.0. The van der Waals surface area contributed by atoms with Gasteiger partial charge >= 0.3 is 6.16 Å². The maximum atomic E-state index is 12.1.